The van der Waals surface area contributed by atoms with Gasteiger partial charge in [-0.1, -0.05) is 30.0 Å². The zero-order valence-corrected chi connectivity index (χ0v) is 19.7. The Balaban J connectivity index is 1.55. The molecule has 1 fully saturated rings. The minimum Gasteiger partial charge on any atom is -0.545 e. The summed E-state index contributed by atoms with van der Waals surface area (Å²) < 4.78 is 5.19. The molecule has 0 unspecified atom stereocenters. The van der Waals surface area contributed by atoms with Crippen LogP contribution in [0.1, 0.15) is 21.7 Å². The van der Waals surface area contributed by atoms with E-state index >= 15 is 0 Å². The fourth-order valence-electron chi connectivity index (χ4n) is 3.23. The number of carbonyl (C=O) groups excluding carboxylic acids is 3. The Labute approximate surface area is 204 Å². The van der Waals surface area contributed by atoms with Crippen molar-refractivity contribution in [2.24, 2.45) is 4.99 Å². The van der Waals surface area contributed by atoms with E-state index < -0.39 is 11.2 Å². The zero-order valence-electron chi connectivity index (χ0n) is 18.1. The van der Waals surface area contributed by atoms with Crippen molar-refractivity contribution in [1.82, 2.24) is 4.90 Å². The van der Waals surface area contributed by atoms with Gasteiger partial charge in [0.25, 0.3) is 0 Å². The van der Waals surface area contributed by atoms with Gasteiger partial charge in [0.15, 0.2) is 5.17 Å². The molecule has 3 aromatic rings. The number of hydrogen-bond acceptors (Lipinski definition) is 8. The second-order valence-corrected chi connectivity index (χ2v) is 9.52. The Kier molecular flexibility index (Phi) is 7.29. The van der Waals surface area contributed by atoms with E-state index in [1.54, 1.807) is 47.6 Å². The van der Waals surface area contributed by atoms with Crippen LogP contribution in [-0.2, 0) is 16.1 Å². The molecule has 1 atom stereocenters. The first-order chi connectivity index (χ1) is 16.4. The molecule has 174 valence electrons. The van der Waals surface area contributed by atoms with Crippen molar-refractivity contribution >= 4 is 57.4 Å². The normalized spacial score (nSPS) is 17.0. The molecule has 0 aliphatic carbocycles. The molecule has 1 aromatic heterocycles. The lowest BCUT2D eigenvalue weighted by molar-refractivity contribution is -0.255. The summed E-state index contributed by atoms with van der Waals surface area (Å²) in [4.78, 5) is 44.2. The van der Waals surface area contributed by atoms with Gasteiger partial charge in [-0.05, 0) is 53.4 Å². The first kappa shape index (κ1) is 23.5. The topological polar surface area (TPSA) is 111 Å². The van der Waals surface area contributed by atoms with Gasteiger partial charge in [0, 0.05) is 17.0 Å². The molecule has 34 heavy (non-hydrogen) atoms. The maximum Gasteiger partial charge on any atom is 0.238 e. The molecule has 2 amide bonds. The molecule has 1 aliphatic heterocycles. The lowest BCUT2D eigenvalue weighted by Crippen LogP contribution is -2.44. The molecule has 2 heterocycles. The van der Waals surface area contributed by atoms with Crippen LogP contribution in [0.25, 0.3) is 0 Å². The smallest absolute Gasteiger partial charge is 0.238 e. The van der Waals surface area contributed by atoms with Crippen LogP contribution in [0, 0.1) is 0 Å². The summed E-state index contributed by atoms with van der Waals surface area (Å²) in [5, 5.41) is 15.4. The molecular formula is C24H20N3O5S2-. The van der Waals surface area contributed by atoms with Crippen molar-refractivity contribution in [2.45, 2.75) is 18.2 Å². The predicted molar refractivity (Wildman–Crippen MR) is 130 cm³/mol. The minimum absolute atomic E-state index is 0.0124. The van der Waals surface area contributed by atoms with E-state index in [1.165, 1.54) is 36.0 Å². The zero-order chi connectivity index (χ0) is 24.1. The number of methoxy groups -OCH3 is 1. The third kappa shape index (κ3) is 5.64. The van der Waals surface area contributed by atoms with Gasteiger partial charge < -0.3 is 20.0 Å². The molecule has 0 saturated carbocycles. The van der Waals surface area contributed by atoms with E-state index in [0.29, 0.717) is 28.8 Å². The Bertz CT molecular complexity index is 1210. The summed E-state index contributed by atoms with van der Waals surface area (Å²) in [7, 11) is 1.58. The summed E-state index contributed by atoms with van der Waals surface area (Å²) >= 11 is 2.76. The van der Waals surface area contributed by atoms with Crippen LogP contribution in [0.3, 0.4) is 0 Å². The summed E-state index contributed by atoms with van der Waals surface area (Å²) in [5.74, 6) is -1.17. The Morgan fingerprint density at radius 2 is 1.88 bits per heavy atom. The first-order valence-corrected chi connectivity index (χ1v) is 12.0. The third-order valence-corrected chi connectivity index (χ3v) is 7.06. The molecule has 0 radical (unpaired) electrons. The van der Waals surface area contributed by atoms with Gasteiger partial charge in [-0.15, -0.1) is 11.3 Å². The monoisotopic (exact) mass is 494 g/mol. The van der Waals surface area contributed by atoms with E-state index in [0.717, 1.165) is 4.88 Å². The van der Waals surface area contributed by atoms with Crippen LogP contribution in [0.5, 0.6) is 5.75 Å². The van der Waals surface area contributed by atoms with Crippen molar-refractivity contribution in [3.63, 3.8) is 0 Å². The summed E-state index contributed by atoms with van der Waals surface area (Å²) in [6, 6.07) is 16.6. The second kappa shape index (κ2) is 10.5. The highest BCUT2D eigenvalue weighted by molar-refractivity contribution is 8.15. The standard InChI is InChI=1S/C24H21N3O5S2/c1-32-18-10-8-17(9-11-18)26-24-27(14-19-3-2-12-33-19)21(28)13-20(34-24)22(29)25-16-6-4-15(5-7-16)23(30)31/h2-12,20H,13-14H2,1H3,(H,25,29)(H,30,31)/p-1/t20-/m0/s1. The number of thioether (sulfide) groups is 1. The molecular weight excluding hydrogens is 474 g/mol. The Hall–Kier alpha value is -3.63. The number of anilines is 1. The van der Waals surface area contributed by atoms with Crippen molar-refractivity contribution in [2.75, 3.05) is 12.4 Å². The number of aromatic carboxylic acids is 1. The highest BCUT2D eigenvalue weighted by Crippen LogP contribution is 2.32. The number of amides is 2. The molecule has 1 N–H and O–H groups in total. The van der Waals surface area contributed by atoms with Gasteiger partial charge in [-0.2, -0.15) is 0 Å². The van der Waals surface area contributed by atoms with Gasteiger partial charge in [0.05, 0.1) is 25.3 Å². The SMILES string of the molecule is COc1ccc(N=C2S[C@H](C(=O)Nc3ccc(C(=O)[O-])cc3)CC(=O)N2Cc2cccs2)cc1. The van der Waals surface area contributed by atoms with Gasteiger partial charge in [0.2, 0.25) is 11.8 Å². The number of nitrogens with one attached hydrogen (secondary N) is 1. The fourth-order valence-corrected chi connectivity index (χ4v) is 5.03. The number of hydrogen-bond donors (Lipinski definition) is 1. The van der Waals surface area contributed by atoms with Crippen molar-refractivity contribution in [3.8, 4) is 5.75 Å². The molecule has 4 rings (SSSR count). The van der Waals surface area contributed by atoms with Crippen molar-refractivity contribution in [1.29, 1.82) is 0 Å². The second-order valence-electron chi connectivity index (χ2n) is 7.32. The van der Waals surface area contributed by atoms with Crippen LogP contribution >= 0.6 is 23.1 Å². The summed E-state index contributed by atoms with van der Waals surface area (Å²) in [6.45, 7) is 0.373. The lowest BCUT2D eigenvalue weighted by Gasteiger charge is -2.31. The van der Waals surface area contributed by atoms with Crippen LogP contribution in [0.15, 0.2) is 71.0 Å². The predicted octanol–water partition coefficient (Wildman–Crippen LogP) is 3.28. The van der Waals surface area contributed by atoms with E-state index in [4.69, 9.17) is 4.74 Å². The van der Waals surface area contributed by atoms with Crippen LogP contribution in [-0.4, -0.2) is 40.2 Å². The molecule has 2 aromatic carbocycles. The minimum atomic E-state index is -1.29. The number of carbonyl (C=O) groups is 3. The number of carboxylic acid groups (broad SMARTS) is 1. The number of amidine groups is 1. The number of thiophene rings is 1. The van der Waals surface area contributed by atoms with E-state index in [2.05, 4.69) is 10.3 Å². The van der Waals surface area contributed by atoms with Crippen LogP contribution in [0.2, 0.25) is 0 Å². The molecule has 1 saturated heterocycles. The molecule has 10 heteroatoms. The highest BCUT2D eigenvalue weighted by Gasteiger charge is 2.36. The Morgan fingerprint density at radius 1 is 1.15 bits per heavy atom. The molecule has 1 aliphatic rings. The largest absolute Gasteiger partial charge is 0.545 e. The quantitative estimate of drug-likeness (QED) is 0.540. The van der Waals surface area contributed by atoms with Gasteiger partial charge >= 0.3 is 0 Å². The average Bonchev–Trinajstić information content (AvgIpc) is 3.35. The van der Waals surface area contributed by atoms with Gasteiger partial charge in [0.1, 0.15) is 11.0 Å². The Morgan fingerprint density at radius 3 is 2.50 bits per heavy atom. The first-order valence-electron chi connectivity index (χ1n) is 10.3. The van der Waals surface area contributed by atoms with Gasteiger partial charge in [-0.25, -0.2) is 4.99 Å². The maximum atomic E-state index is 13.1. The number of benzene rings is 2. The fraction of sp³-hybridized carbons (Fsp3) is 0.167. The third-order valence-electron chi connectivity index (χ3n) is 5.01. The molecule has 0 bridgehead atoms. The van der Waals surface area contributed by atoms with Crippen LogP contribution in [0.4, 0.5) is 11.4 Å². The number of nitrogens with zero attached hydrogens (tertiary/aromatic N) is 2. The number of aliphatic imine (C=N–C) groups is 1. The molecule has 0 spiro atoms. The highest BCUT2D eigenvalue weighted by atomic mass is 32.2. The van der Waals surface area contributed by atoms with E-state index in [1.807, 2.05) is 17.5 Å². The van der Waals surface area contributed by atoms with E-state index in [9.17, 15) is 19.5 Å². The number of rotatable bonds is 7. The lowest BCUT2D eigenvalue weighted by atomic mass is 10.2. The average molecular weight is 495 g/mol. The van der Waals surface area contributed by atoms with Gasteiger partial charge in [-0.3, -0.25) is 14.5 Å². The molecule has 8 nitrogen and oxygen atoms in total. The number of carboxylic acids is 1. The van der Waals surface area contributed by atoms with Crippen molar-refractivity contribution < 1.29 is 24.2 Å². The maximum absolute atomic E-state index is 13.1. The van der Waals surface area contributed by atoms with Crippen LogP contribution < -0.4 is 15.2 Å². The van der Waals surface area contributed by atoms with Crippen molar-refractivity contribution in [3.05, 3.63) is 76.5 Å². The summed E-state index contributed by atoms with van der Waals surface area (Å²) in [6.07, 6.45) is 0.0145. The van der Waals surface area contributed by atoms with E-state index in [-0.39, 0.29) is 23.8 Å². The number of ether oxygens (including phenoxy) is 1. The summed E-state index contributed by atoms with van der Waals surface area (Å²) in [5.41, 5.74) is 1.07.